The summed E-state index contributed by atoms with van der Waals surface area (Å²) in [6.07, 6.45) is 22.3. The zero-order chi connectivity index (χ0) is 13.8. The Bertz CT molecular complexity index is 180. The molecule has 1 unspecified atom stereocenters. The Kier molecular flexibility index (Phi) is 10.6. The Morgan fingerprint density at radius 2 is 1.05 bits per heavy atom. The maximum absolute atomic E-state index is 2.31. The second-order valence-electron chi connectivity index (χ2n) is 6.86. The van der Waals surface area contributed by atoms with Crippen LogP contribution in [-0.2, 0) is 0 Å². The maximum Gasteiger partial charge on any atom is -0.0386 e. The molecule has 1 aliphatic carbocycles. The standard InChI is InChI=1S/C19H38/c1-3-5-7-9-11-13-15-18(19-16-17-19)14-12-10-8-6-4-2/h18-19H,3-17H2,1-2H3. The van der Waals surface area contributed by atoms with Gasteiger partial charge in [-0.1, -0.05) is 97.3 Å². The molecule has 0 aromatic heterocycles. The normalized spacial score (nSPS) is 16.7. The van der Waals surface area contributed by atoms with Crippen LogP contribution >= 0.6 is 0 Å². The lowest BCUT2D eigenvalue weighted by atomic mass is 9.90. The van der Waals surface area contributed by atoms with E-state index in [4.69, 9.17) is 0 Å². The lowest BCUT2D eigenvalue weighted by molar-refractivity contribution is 0.363. The highest BCUT2D eigenvalue weighted by molar-refractivity contribution is 4.81. The van der Waals surface area contributed by atoms with Gasteiger partial charge in [0.2, 0.25) is 0 Å². The van der Waals surface area contributed by atoms with E-state index in [1.165, 1.54) is 70.6 Å². The quantitative estimate of drug-likeness (QED) is 0.293. The van der Waals surface area contributed by atoms with Gasteiger partial charge in [-0.15, -0.1) is 0 Å². The van der Waals surface area contributed by atoms with Crippen LogP contribution < -0.4 is 0 Å². The second-order valence-corrected chi connectivity index (χ2v) is 6.86. The van der Waals surface area contributed by atoms with Crippen LogP contribution in [0.4, 0.5) is 0 Å². The van der Waals surface area contributed by atoms with E-state index < -0.39 is 0 Å². The van der Waals surface area contributed by atoms with Gasteiger partial charge in [0.05, 0.1) is 0 Å². The molecule has 0 aromatic rings. The van der Waals surface area contributed by atoms with Gasteiger partial charge in [0.15, 0.2) is 0 Å². The first kappa shape index (κ1) is 17.1. The minimum absolute atomic E-state index is 1.10. The Balaban J connectivity index is 1.95. The summed E-state index contributed by atoms with van der Waals surface area (Å²) < 4.78 is 0. The van der Waals surface area contributed by atoms with Gasteiger partial charge in [0, 0.05) is 0 Å². The predicted molar refractivity (Wildman–Crippen MR) is 87.6 cm³/mol. The molecule has 0 saturated heterocycles. The molecule has 1 atom stereocenters. The van der Waals surface area contributed by atoms with Gasteiger partial charge in [-0.2, -0.15) is 0 Å². The first-order valence-electron chi connectivity index (χ1n) is 9.38. The van der Waals surface area contributed by atoms with E-state index in [-0.39, 0.29) is 0 Å². The highest BCUT2D eigenvalue weighted by Gasteiger charge is 2.29. The van der Waals surface area contributed by atoms with Crippen molar-refractivity contribution in [3.8, 4) is 0 Å². The van der Waals surface area contributed by atoms with Crippen molar-refractivity contribution in [3.05, 3.63) is 0 Å². The van der Waals surface area contributed by atoms with Crippen LogP contribution in [0, 0.1) is 11.8 Å². The minimum atomic E-state index is 1.10. The summed E-state index contributed by atoms with van der Waals surface area (Å²) in [5, 5.41) is 0. The zero-order valence-electron chi connectivity index (χ0n) is 13.8. The highest BCUT2D eigenvalue weighted by atomic mass is 14.3. The molecule has 0 nitrogen and oxygen atoms in total. The molecule has 0 aliphatic heterocycles. The van der Waals surface area contributed by atoms with Crippen molar-refractivity contribution in [1.29, 1.82) is 0 Å². The summed E-state index contributed by atoms with van der Waals surface area (Å²) in [6.45, 7) is 4.62. The van der Waals surface area contributed by atoms with E-state index in [1.54, 1.807) is 25.7 Å². The molecule has 0 heterocycles. The molecule has 19 heavy (non-hydrogen) atoms. The third kappa shape index (κ3) is 9.52. The molecule has 0 bridgehead atoms. The minimum Gasteiger partial charge on any atom is -0.0654 e. The van der Waals surface area contributed by atoms with Gasteiger partial charge in [0.1, 0.15) is 0 Å². The zero-order valence-corrected chi connectivity index (χ0v) is 13.8. The average Bonchev–Trinajstić information content (AvgIpc) is 3.24. The largest absolute Gasteiger partial charge is 0.0654 e. The summed E-state index contributed by atoms with van der Waals surface area (Å²) in [6, 6.07) is 0. The molecule has 1 rings (SSSR count). The van der Waals surface area contributed by atoms with Crippen molar-refractivity contribution in [2.45, 2.75) is 110 Å². The van der Waals surface area contributed by atoms with Crippen molar-refractivity contribution in [1.82, 2.24) is 0 Å². The lowest BCUT2D eigenvalue weighted by Gasteiger charge is -2.16. The highest BCUT2D eigenvalue weighted by Crippen LogP contribution is 2.42. The molecular weight excluding hydrogens is 228 g/mol. The van der Waals surface area contributed by atoms with Crippen LogP contribution in [0.1, 0.15) is 110 Å². The average molecular weight is 267 g/mol. The van der Waals surface area contributed by atoms with Crippen LogP contribution in [0.3, 0.4) is 0 Å². The molecule has 0 heteroatoms. The van der Waals surface area contributed by atoms with E-state index in [9.17, 15) is 0 Å². The third-order valence-electron chi connectivity index (χ3n) is 4.90. The molecule has 1 saturated carbocycles. The molecule has 0 radical (unpaired) electrons. The Hall–Kier alpha value is 0. The van der Waals surface area contributed by atoms with Crippen LogP contribution in [0.2, 0.25) is 0 Å². The fraction of sp³-hybridized carbons (Fsp3) is 1.00. The number of rotatable bonds is 14. The lowest BCUT2D eigenvalue weighted by Crippen LogP contribution is -2.03. The van der Waals surface area contributed by atoms with Crippen LogP contribution in [0.5, 0.6) is 0 Å². The van der Waals surface area contributed by atoms with Crippen molar-refractivity contribution < 1.29 is 0 Å². The van der Waals surface area contributed by atoms with E-state index in [2.05, 4.69) is 13.8 Å². The molecule has 1 fully saturated rings. The maximum atomic E-state index is 2.31. The molecular formula is C19H38. The van der Waals surface area contributed by atoms with Crippen LogP contribution in [-0.4, -0.2) is 0 Å². The Morgan fingerprint density at radius 1 is 0.632 bits per heavy atom. The fourth-order valence-corrected chi connectivity index (χ4v) is 3.38. The summed E-state index contributed by atoms with van der Waals surface area (Å²) >= 11 is 0. The Morgan fingerprint density at radius 3 is 1.47 bits per heavy atom. The summed E-state index contributed by atoms with van der Waals surface area (Å²) in [5.41, 5.74) is 0. The van der Waals surface area contributed by atoms with E-state index >= 15 is 0 Å². The summed E-state index contributed by atoms with van der Waals surface area (Å²) in [5.74, 6) is 2.25. The van der Waals surface area contributed by atoms with E-state index in [0.717, 1.165) is 11.8 Å². The van der Waals surface area contributed by atoms with E-state index in [0.29, 0.717) is 0 Å². The van der Waals surface area contributed by atoms with Crippen LogP contribution in [0.25, 0.3) is 0 Å². The first-order valence-corrected chi connectivity index (χ1v) is 9.38. The molecule has 114 valence electrons. The topological polar surface area (TPSA) is 0 Å². The molecule has 1 aliphatic rings. The van der Waals surface area contributed by atoms with Gasteiger partial charge >= 0.3 is 0 Å². The summed E-state index contributed by atoms with van der Waals surface area (Å²) in [4.78, 5) is 0. The molecule has 0 amide bonds. The van der Waals surface area contributed by atoms with Crippen LogP contribution in [0.15, 0.2) is 0 Å². The predicted octanol–water partition coefficient (Wildman–Crippen LogP) is 7.12. The number of unbranched alkanes of at least 4 members (excludes halogenated alkanes) is 9. The van der Waals surface area contributed by atoms with Gasteiger partial charge in [0.25, 0.3) is 0 Å². The fourth-order valence-electron chi connectivity index (χ4n) is 3.38. The molecule has 0 N–H and O–H groups in total. The van der Waals surface area contributed by atoms with Crippen molar-refractivity contribution >= 4 is 0 Å². The number of hydrogen-bond acceptors (Lipinski definition) is 0. The number of hydrogen-bond donors (Lipinski definition) is 0. The van der Waals surface area contributed by atoms with Gasteiger partial charge < -0.3 is 0 Å². The van der Waals surface area contributed by atoms with Crippen molar-refractivity contribution in [3.63, 3.8) is 0 Å². The van der Waals surface area contributed by atoms with Crippen molar-refractivity contribution in [2.24, 2.45) is 11.8 Å². The van der Waals surface area contributed by atoms with Gasteiger partial charge in [-0.3, -0.25) is 0 Å². The van der Waals surface area contributed by atoms with Crippen molar-refractivity contribution in [2.75, 3.05) is 0 Å². The second kappa shape index (κ2) is 11.8. The molecule has 0 spiro atoms. The first-order chi connectivity index (χ1) is 9.38. The van der Waals surface area contributed by atoms with Gasteiger partial charge in [-0.25, -0.2) is 0 Å². The SMILES string of the molecule is CCCCCCCCC(CCCCCCC)C1CC1. The summed E-state index contributed by atoms with van der Waals surface area (Å²) in [7, 11) is 0. The third-order valence-corrected chi connectivity index (χ3v) is 4.90. The van der Waals surface area contributed by atoms with Gasteiger partial charge in [-0.05, 0) is 24.7 Å². The Labute approximate surface area is 122 Å². The smallest absolute Gasteiger partial charge is 0.0386 e. The monoisotopic (exact) mass is 266 g/mol. The van der Waals surface area contributed by atoms with E-state index in [1.807, 2.05) is 0 Å². The molecule has 0 aromatic carbocycles.